The fraction of sp³-hybridized carbons (Fsp3) is 0.421. The number of amides is 1. The van der Waals surface area contributed by atoms with Crippen molar-refractivity contribution in [2.75, 3.05) is 29.9 Å². The first-order valence-electron chi connectivity index (χ1n) is 9.67. The third-order valence-electron chi connectivity index (χ3n) is 5.62. The summed E-state index contributed by atoms with van der Waals surface area (Å²) in [5, 5.41) is 13.8. The van der Waals surface area contributed by atoms with Crippen LogP contribution < -0.4 is 15.5 Å². The molecule has 3 aromatic heterocycles. The number of anilines is 2. The SMILES string of the molecule is Cn1cc(NC(=O)c2ccc3ccc(N4CC5CNC(C5)C4)nn23)c(C(F)(F)F)n1. The normalized spacial score (nSPS) is 21.4. The van der Waals surface area contributed by atoms with E-state index in [4.69, 9.17) is 0 Å². The van der Waals surface area contributed by atoms with Crippen molar-refractivity contribution in [2.45, 2.75) is 18.6 Å². The number of rotatable bonds is 3. The molecule has 3 aromatic rings. The predicted molar refractivity (Wildman–Crippen MR) is 103 cm³/mol. The zero-order valence-electron chi connectivity index (χ0n) is 16.1. The largest absolute Gasteiger partial charge is 0.437 e. The van der Waals surface area contributed by atoms with Gasteiger partial charge in [-0.2, -0.15) is 18.3 Å². The number of halogens is 3. The molecule has 1 amide bonds. The maximum absolute atomic E-state index is 13.2. The topological polar surface area (TPSA) is 79.5 Å². The van der Waals surface area contributed by atoms with Crippen LogP contribution in [0, 0.1) is 5.92 Å². The minimum absolute atomic E-state index is 0.155. The Bertz CT molecular complexity index is 1110. The second-order valence-corrected chi connectivity index (χ2v) is 7.88. The van der Waals surface area contributed by atoms with Gasteiger partial charge in [-0.15, -0.1) is 5.10 Å². The van der Waals surface area contributed by atoms with E-state index >= 15 is 0 Å². The minimum atomic E-state index is -4.67. The molecule has 2 aliphatic heterocycles. The molecular weight excluding hydrogens is 399 g/mol. The Balaban J connectivity index is 1.44. The summed E-state index contributed by atoms with van der Waals surface area (Å²) in [6.45, 7) is 2.71. The lowest BCUT2D eigenvalue weighted by atomic mass is 10.0. The van der Waals surface area contributed by atoms with Crippen molar-refractivity contribution in [3.05, 3.63) is 41.9 Å². The lowest BCUT2D eigenvalue weighted by Crippen LogP contribution is -2.41. The molecule has 2 atom stereocenters. The van der Waals surface area contributed by atoms with E-state index in [1.807, 2.05) is 12.1 Å². The summed E-state index contributed by atoms with van der Waals surface area (Å²) in [6, 6.07) is 7.45. The number of alkyl halides is 3. The molecule has 2 bridgehead atoms. The number of aromatic nitrogens is 4. The fourth-order valence-electron chi connectivity index (χ4n) is 4.31. The van der Waals surface area contributed by atoms with Gasteiger partial charge >= 0.3 is 6.18 Å². The second-order valence-electron chi connectivity index (χ2n) is 7.88. The van der Waals surface area contributed by atoms with Gasteiger partial charge in [0, 0.05) is 38.9 Å². The van der Waals surface area contributed by atoms with Crippen LogP contribution in [0.2, 0.25) is 0 Å². The number of piperidine rings is 1. The molecule has 8 nitrogen and oxygen atoms in total. The quantitative estimate of drug-likeness (QED) is 0.680. The van der Waals surface area contributed by atoms with E-state index < -0.39 is 17.8 Å². The number of nitrogens with one attached hydrogen (secondary N) is 2. The zero-order chi connectivity index (χ0) is 21.0. The number of hydrogen-bond donors (Lipinski definition) is 2. The molecule has 158 valence electrons. The van der Waals surface area contributed by atoms with Crippen molar-refractivity contribution < 1.29 is 18.0 Å². The van der Waals surface area contributed by atoms with E-state index in [-0.39, 0.29) is 11.4 Å². The average Bonchev–Trinajstić information content (AvgIpc) is 3.37. The highest BCUT2D eigenvalue weighted by Crippen LogP contribution is 2.33. The first kappa shape index (κ1) is 18.9. The van der Waals surface area contributed by atoms with Gasteiger partial charge in [0.05, 0.1) is 11.2 Å². The first-order chi connectivity index (χ1) is 14.3. The van der Waals surface area contributed by atoms with Crippen LogP contribution in [0.3, 0.4) is 0 Å². The summed E-state index contributed by atoms with van der Waals surface area (Å²) >= 11 is 0. The number of nitrogens with zero attached hydrogens (tertiary/aromatic N) is 5. The van der Waals surface area contributed by atoms with Crippen LogP contribution in [0.25, 0.3) is 5.52 Å². The highest BCUT2D eigenvalue weighted by Gasteiger charge is 2.38. The van der Waals surface area contributed by atoms with Crippen LogP contribution in [-0.4, -0.2) is 51.0 Å². The van der Waals surface area contributed by atoms with Crippen LogP contribution in [0.5, 0.6) is 0 Å². The third-order valence-corrected chi connectivity index (χ3v) is 5.62. The molecule has 0 saturated carbocycles. The molecule has 5 heterocycles. The van der Waals surface area contributed by atoms with Gasteiger partial charge in [0.1, 0.15) is 11.5 Å². The average molecular weight is 419 g/mol. The Morgan fingerprint density at radius 3 is 2.77 bits per heavy atom. The van der Waals surface area contributed by atoms with Gasteiger partial charge in [-0.1, -0.05) is 0 Å². The second kappa shape index (κ2) is 6.73. The zero-order valence-corrected chi connectivity index (χ0v) is 16.1. The number of aryl methyl sites for hydroxylation is 1. The van der Waals surface area contributed by atoms with Gasteiger partial charge in [0.2, 0.25) is 0 Å². The number of hydrogen-bond acceptors (Lipinski definition) is 5. The smallest absolute Gasteiger partial charge is 0.353 e. The molecular formula is C19H20F3N7O. The molecule has 2 aliphatic rings. The van der Waals surface area contributed by atoms with Gasteiger partial charge in [0.15, 0.2) is 5.69 Å². The minimum Gasteiger partial charge on any atom is -0.353 e. The predicted octanol–water partition coefficient (Wildman–Crippen LogP) is 2.14. The number of fused-ring (bicyclic) bond motifs is 3. The Morgan fingerprint density at radius 1 is 1.20 bits per heavy atom. The van der Waals surface area contributed by atoms with Gasteiger partial charge < -0.3 is 15.5 Å². The Labute approximate surface area is 169 Å². The third kappa shape index (κ3) is 3.28. The summed E-state index contributed by atoms with van der Waals surface area (Å²) in [5.41, 5.74) is -0.685. The van der Waals surface area contributed by atoms with Crippen LogP contribution in [-0.2, 0) is 13.2 Å². The standard InChI is InChI=1S/C19H20F3N7O/c1-27-10-14(17(26-27)19(20,21)22)24-18(30)15-4-2-13-3-5-16(25-29(13)15)28-8-11-6-12(9-28)23-7-11/h2-5,10-12,23H,6-9H2,1H3,(H,24,30). The first-order valence-corrected chi connectivity index (χ1v) is 9.67. The Morgan fingerprint density at radius 2 is 2.00 bits per heavy atom. The summed E-state index contributed by atoms with van der Waals surface area (Å²) in [5.74, 6) is 0.627. The lowest BCUT2D eigenvalue weighted by Gasteiger charge is -2.31. The molecule has 30 heavy (non-hydrogen) atoms. The summed E-state index contributed by atoms with van der Waals surface area (Å²) in [6.07, 6.45) is -2.38. The molecule has 2 fully saturated rings. The molecule has 5 rings (SSSR count). The number of carbonyl (C=O) groups is 1. The van der Waals surface area contributed by atoms with Crippen LogP contribution >= 0.6 is 0 Å². The highest BCUT2D eigenvalue weighted by molar-refractivity contribution is 6.04. The van der Waals surface area contributed by atoms with Crippen molar-refractivity contribution >= 4 is 22.9 Å². The van der Waals surface area contributed by atoms with Crippen molar-refractivity contribution in [1.82, 2.24) is 24.7 Å². The van der Waals surface area contributed by atoms with E-state index in [0.29, 0.717) is 17.5 Å². The van der Waals surface area contributed by atoms with Gasteiger partial charge in [-0.25, -0.2) is 4.52 Å². The lowest BCUT2D eigenvalue weighted by molar-refractivity contribution is -0.140. The summed E-state index contributed by atoms with van der Waals surface area (Å²) in [4.78, 5) is 15.0. The molecule has 0 aromatic carbocycles. The molecule has 2 unspecified atom stereocenters. The van der Waals surface area contributed by atoms with Gasteiger partial charge in [0.25, 0.3) is 5.91 Å². The number of carbonyl (C=O) groups excluding carboxylic acids is 1. The summed E-state index contributed by atoms with van der Waals surface area (Å²) in [7, 11) is 1.37. The van der Waals surface area contributed by atoms with Crippen LogP contribution in [0.4, 0.5) is 24.7 Å². The fourth-order valence-corrected chi connectivity index (χ4v) is 4.31. The van der Waals surface area contributed by atoms with E-state index in [0.717, 1.165) is 42.8 Å². The van der Waals surface area contributed by atoms with E-state index in [1.54, 1.807) is 12.1 Å². The monoisotopic (exact) mass is 419 g/mol. The van der Waals surface area contributed by atoms with Crippen molar-refractivity contribution in [3.8, 4) is 0 Å². The molecule has 0 aliphatic carbocycles. The molecule has 11 heteroatoms. The van der Waals surface area contributed by atoms with Crippen molar-refractivity contribution in [3.63, 3.8) is 0 Å². The van der Waals surface area contributed by atoms with Crippen molar-refractivity contribution in [2.24, 2.45) is 13.0 Å². The molecule has 0 spiro atoms. The van der Waals surface area contributed by atoms with E-state index in [2.05, 4.69) is 25.7 Å². The van der Waals surface area contributed by atoms with Crippen LogP contribution in [0.15, 0.2) is 30.5 Å². The summed E-state index contributed by atoms with van der Waals surface area (Å²) < 4.78 is 42.0. The van der Waals surface area contributed by atoms with Crippen molar-refractivity contribution in [1.29, 1.82) is 0 Å². The molecule has 0 radical (unpaired) electrons. The van der Waals surface area contributed by atoms with Crippen LogP contribution in [0.1, 0.15) is 22.6 Å². The van der Waals surface area contributed by atoms with E-state index in [1.165, 1.54) is 11.6 Å². The maximum atomic E-state index is 13.2. The Hall–Kier alpha value is -3.08. The molecule has 2 N–H and O–H groups in total. The van der Waals surface area contributed by atoms with Gasteiger partial charge in [-0.3, -0.25) is 9.48 Å². The Kier molecular flexibility index (Phi) is 4.24. The maximum Gasteiger partial charge on any atom is 0.437 e. The van der Waals surface area contributed by atoms with Gasteiger partial charge in [-0.05, 0) is 36.6 Å². The van der Waals surface area contributed by atoms with E-state index in [9.17, 15) is 18.0 Å². The highest BCUT2D eigenvalue weighted by atomic mass is 19.4. The molecule has 2 saturated heterocycles.